The van der Waals surface area contributed by atoms with E-state index in [1.807, 2.05) is 0 Å². The summed E-state index contributed by atoms with van der Waals surface area (Å²) in [5.41, 5.74) is 0.133. The van der Waals surface area contributed by atoms with Gasteiger partial charge in [-0.3, -0.25) is 4.79 Å². The van der Waals surface area contributed by atoms with Crippen molar-refractivity contribution in [3.05, 3.63) is 29.8 Å². The van der Waals surface area contributed by atoms with Gasteiger partial charge in [-0.25, -0.2) is 4.79 Å². The van der Waals surface area contributed by atoms with Crippen molar-refractivity contribution in [3.63, 3.8) is 0 Å². The molecule has 0 bridgehead atoms. The number of morpholine rings is 1. The molecular weight excluding hydrogens is 262 g/mol. The van der Waals surface area contributed by atoms with Crippen LogP contribution in [0.25, 0.3) is 0 Å². The third-order valence-electron chi connectivity index (χ3n) is 3.06. The van der Waals surface area contributed by atoms with Crippen LogP contribution in [0.1, 0.15) is 17.3 Å². The molecular formula is C14H17NO5. The molecule has 1 fully saturated rings. The topological polar surface area (TPSA) is 76.1 Å². The van der Waals surface area contributed by atoms with Crippen LogP contribution in [0.4, 0.5) is 0 Å². The van der Waals surface area contributed by atoms with Crippen molar-refractivity contribution in [1.82, 2.24) is 4.90 Å². The van der Waals surface area contributed by atoms with Crippen molar-refractivity contribution >= 4 is 11.9 Å². The third kappa shape index (κ3) is 3.48. The summed E-state index contributed by atoms with van der Waals surface area (Å²) in [5.74, 6) is -0.768. The van der Waals surface area contributed by atoms with E-state index in [1.165, 1.54) is 12.1 Å². The Bertz CT molecular complexity index is 496. The molecule has 0 aromatic heterocycles. The Morgan fingerprint density at radius 1 is 1.35 bits per heavy atom. The van der Waals surface area contributed by atoms with E-state index >= 15 is 0 Å². The first-order valence-corrected chi connectivity index (χ1v) is 6.44. The van der Waals surface area contributed by atoms with Gasteiger partial charge in [0.25, 0.3) is 5.91 Å². The number of carbonyl (C=O) groups is 2. The van der Waals surface area contributed by atoms with Crippen molar-refractivity contribution < 1.29 is 24.2 Å². The Labute approximate surface area is 116 Å². The molecule has 1 atom stereocenters. The standard InChI is InChI=1S/C14H17NO5/c1-10(13(16)15-5-7-19-8-6-15)20-12-4-2-3-11(9-12)14(17)18/h2-4,9-10H,5-8H2,1H3,(H,17,18). The summed E-state index contributed by atoms with van der Waals surface area (Å²) in [6, 6.07) is 6.11. The average molecular weight is 279 g/mol. The second kappa shape index (κ2) is 6.38. The fraction of sp³-hybridized carbons (Fsp3) is 0.429. The van der Waals surface area contributed by atoms with Crippen LogP contribution in [0.3, 0.4) is 0 Å². The number of carbonyl (C=O) groups excluding carboxylic acids is 1. The molecule has 1 aromatic rings. The van der Waals surface area contributed by atoms with E-state index in [2.05, 4.69) is 0 Å². The van der Waals surface area contributed by atoms with Gasteiger partial charge in [-0.05, 0) is 25.1 Å². The molecule has 20 heavy (non-hydrogen) atoms. The van der Waals surface area contributed by atoms with Gasteiger partial charge in [0.2, 0.25) is 0 Å². The molecule has 1 heterocycles. The van der Waals surface area contributed by atoms with Crippen LogP contribution in [-0.4, -0.2) is 54.3 Å². The largest absolute Gasteiger partial charge is 0.481 e. The number of benzene rings is 1. The quantitative estimate of drug-likeness (QED) is 0.890. The minimum atomic E-state index is -1.03. The number of ether oxygens (including phenoxy) is 2. The summed E-state index contributed by atoms with van der Waals surface area (Å²) in [6.45, 7) is 3.84. The van der Waals surface area contributed by atoms with Crippen LogP contribution >= 0.6 is 0 Å². The zero-order valence-electron chi connectivity index (χ0n) is 11.2. The molecule has 6 heteroatoms. The highest BCUT2D eigenvalue weighted by atomic mass is 16.5. The van der Waals surface area contributed by atoms with Gasteiger partial charge in [-0.15, -0.1) is 0 Å². The first-order chi connectivity index (χ1) is 9.58. The lowest BCUT2D eigenvalue weighted by atomic mass is 10.2. The minimum absolute atomic E-state index is 0.117. The normalized spacial score (nSPS) is 16.6. The predicted octanol–water partition coefficient (Wildman–Crippen LogP) is 1.01. The molecule has 0 aliphatic carbocycles. The van der Waals surface area contributed by atoms with E-state index in [-0.39, 0.29) is 11.5 Å². The second-order valence-corrected chi connectivity index (χ2v) is 4.53. The monoisotopic (exact) mass is 279 g/mol. The summed E-state index contributed by atoms with van der Waals surface area (Å²) >= 11 is 0. The molecule has 1 saturated heterocycles. The highest BCUT2D eigenvalue weighted by molar-refractivity contribution is 5.88. The number of hydrogen-bond donors (Lipinski definition) is 1. The molecule has 0 saturated carbocycles. The smallest absolute Gasteiger partial charge is 0.335 e. The summed E-state index contributed by atoms with van der Waals surface area (Å²) in [4.78, 5) is 24.7. The lowest BCUT2D eigenvalue weighted by Gasteiger charge is -2.29. The van der Waals surface area contributed by atoms with Gasteiger partial charge in [0.05, 0.1) is 18.8 Å². The minimum Gasteiger partial charge on any atom is -0.481 e. The molecule has 0 spiro atoms. The number of amides is 1. The molecule has 108 valence electrons. The molecule has 1 aliphatic rings. The maximum Gasteiger partial charge on any atom is 0.335 e. The van der Waals surface area contributed by atoms with Gasteiger partial charge in [0.1, 0.15) is 5.75 Å². The number of carboxylic acids is 1. The van der Waals surface area contributed by atoms with Crippen molar-refractivity contribution in [2.75, 3.05) is 26.3 Å². The molecule has 1 unspecified atom stereocenters. The molecule has 1 amide bonds. The van der Waals surface area contributed by atoms with E-state index in [0.717, 1.165) is 0 Å². The molecule has 1 N–H and O–H groups in total. The summed E-state index contributed by atoms with van der Waals surface area (Å²) in [5, 5.41) is 8.91. The molecule has 1 aromatic carbocycles. The van der Waals surface area contributed by atoms with Gasteiger partial charge < -0.3 is 19.5 Å². The van der Waals surface area contributed by atoms with E-state index in [0.29, 0.717) is 32.1 Å². The number of hydrogen-bond acceptors (Lipinski definition) is 4. The van der Waals surface area contributed by atoms with Gasteiger partial charge in [-0.1, -0.05) is 6.07 Å². The fourth-order valence-electron chi connectivity index (χ4n) is 2.00. The Balaban J connectivity index is 1.99. The summed E-state index contributed by atoms with van der Waals surface area (Å²) < 4.78 is 10.7. The number of carboxylic acid groups (broad SMARTS) is 1. The average Bonchev–Trinajstić information content (AvgIpc) is 2.47. The van der Waals surface area contributed by atoms with Gasteiger partial charge in [0.15, 0.2) is 6.10 Å². The zero-order valence-corrected chi connectivity index (χ0v) is 11.2. The summed E-state index contributed by atoms with van der Waals surface area (Å²) in [7, 11) is 0. The SMILES string of the molecule is CC(Oc1cccc(C(=O)O)c1)C(=O)N1CCOCC1. The Hall–Kier alpha value is -2.08. The van der Waals surface area contributed by atoms with Gasteiger partial charge in [-0.2, -0.15) is 0 Å². The Morgan fingerprint density at radius 2 is 2.05 bits per heavy atom. The maximum atomic E-state index is 12.2. The number of rotatable bonds is 4. The third-order valence-corrected chi connectivity index (χ3v) is 3.06. The fourth-order valence-corrected chi connectivity index (χ4v) is 2.00. The molecule has 2 rings (SSSR count). The van der Waals surface area contributed by atoms with Crippen molar-refractivity contribution in [1.29, 1.82) is 0 Å². The highest BCUT2D eigenvalue weighted by Gasteiger charge is 2.23. The van der Waals surface area contributed by atoms with Gasteiger partial charge in [0, 0.05) is 13.1 Å². The highest BCUT2D eigenvalue weighted by Crippen LogP contribution is 2.16. The predicted molar refractivity (Wildman–Crippen MR) is 70.9 cm³/mol. The molecule has 6 nitrogen and oxygen atoms in total. The van der Waals surface area contributed by atoms with Crippen LogP contribution in [0.15, 0.2) is 24.3 Å². The van der Waals surface area contributed by atoms with Crippen LogP contribution in [0.2, 0.25) is 0 Å². The lowest BCUT2D eigenvalue weighted by molar-refractivity contribution is -0.142. The maximum absolute atomic E-state index is 12.2. The molecule has 1 aliphatic heterocycles. The van der Waals surface area contributed by atoms with Crippen LogP contribution in [0.5, 0.6) is 5.75 Å². The first kappa shape index (κ1) is 14.3. The summed E-state index contributed by atoms with van der Waals surface area (Å²) in [6.07, 6.45) is -0.655. The Morgan fingerprint density at radius 3 is 2.70 bits per heavy atom. The van der Waals surface area contributed by atoms with Crippen LogP contribution < -0.4 is 4.74 Å². The second-order valence-electron chi connectivity index (χ2n) is 4.53. The van der Waals surface area contributed by atoms with Crippen molar-refractivity contribution in [2.24, 2.45) is 0 Å². The van der Waals surface area contributed by atoms with Crippen molar-refractivity contribution in [3.8, 4) is 5.75 Å². The van der Waals surface area contributed by atoms with E-state index in [4.69, 9.17) is 14.6 Å². The van der Waals surface area contributed by atoms with E-state index in [9.17, 15) is 9.59 Å². The molecule has 0 radical (unpaired) electrons. The van der Waals surface area contributed by atoms with Crippen molar-refractivity contribution in [2.45, 2.75) is 13.0 Å². The first-order valence-electron chi connectivity index (χ1n) is 6.44. The van der Waals surface area contributed by atoms with E-state index in [1.54, 1.807) is 24.0 Å². The number of nitrogens with zero attached hydrogens (tertiary/aromatic N) is 1. The Kier molecular flexibility index (Phi) is 4.57. The zero-order chi connectivity index (χ0) is 14.5. The van der Waals surface area contributed by atoms with Crippen LogP contribution in [0, 0.1) is 0 Å². The van der Waals surface area contributed by atoms with Gasteiger partial charge >= 0.3 is 5.97 Å². The lowest BCUT2D eigenvalue weighted by Crippen LogP contribution is -2.46. The van der Waals surface area contributed by atoms with E-state index < -0.39 is 12.1 Å². The van der Waals surface area contributed by atoms with Crippen LogP contribution in [-0.2, 0) is 9.53 Å². The number of aromatic carboxylic acids is 1.